The molecular weight excluding hydrogens is 303 g/mol. The number of hydrogen-bond acceptors (Lipinski definition) is 0. The van der Waals surface area contributed by atoms with E-state index in [1.165, 1.54) is 0 Å². The summed E-state index contributed by atoms with van der Waals surface area (Å²) >= 11 is 35.5. The van der Waals surface area contributed by atoms with Crippen LogP contribution in [0.3, 0.4) is 0 Å². The van der Waals surface area contributed by atoms with Gasteiger partial charge in [0.1, 0.15) is 0 Å². The molecule has 0 fully saturated rings. The zero-order chi connectivity index (χ0) is 9.50. The molecule has 0 saturated carbocycles. The Morgan fingerprint density at radius 3 is 0.818 bits per heavy atom. The summed E-state index contributed by atoms with van der Waals surface area (Å²) in [5, 5.41) is -3.06. The molecule has 0 spiro atoms. The van der Waals surface area contributed by atoms with Crippen molar-refractivity contribution in [1.82, 2.24) is 0 Å². The van der Waals surface area contributed by atoms with Crippen molar-refractivity contribution >= 4 is 81.2 Å². The van der Waals surface area contributed by atoms with Crippen molar-refractivity contribution in [3.63, 3.8) is 0 Å². The van der Waals surface area contributed by atoms with Crippen molar-refractivity contribution in [2.24, 2.45) is 0 Å². The summed E-state index contributed by atoms with van der Waals surface area (Å²) in [6.45, 7) is 0. The molecule has 0 aliphatic rings. The molecule has 0 aromatic heterocycles. The lowest BCUT2D eigenvalue weighted by Gasteiger charge is -2.31. The van der Waals surface area contributed by atoms with Crippen molar-refractivity contribution < 1.29 is 4.39 Å². The molecule has 8 heteroatoms. The van der Waals surface area contributed by atoms with E-state index in [-0.39, 0.29) is 0 Å². The van der Waals surface area contributed by atoms with Crippen LogP contribution in [0.25, 0.3) is 0 Å². The topological polar surface area (TPSA) is 0 Å². The molecule has 0 radical (unpaired) electrons. The van der Waals surface area contributed by atoms with E-state index < -0.39 is 12.7 Å². The van der Waals surface area contributed by atoms with Gasteiger partial charge in [-0.1, -0.05) is 81.2 Å². The average molecular weight is 303 g/mol. The van der Waals surface area contributed by atoms with Crippen molar-refractivity contribution in [2.45, 2.75) is 12.7 Å². The first-order valence-electron chi connectivity index (χ1n) is 2.01. The molecule has 0 N–H and O–H groups in total. The van der Waals surface area contributed by atoms with E-state index in [2.05, 4.69) is 0 Å². The fraction of sp³-hybridized carbons (Fsp3) is 1.00. The molecule has 11 heavy (non-hydrogen) atoms. The number of alkyl halides is 8. The van der Waals surface area contributed by atoms with Gasteiger partial charge in [-0.15, -0.1) is 0 Å². The van der Waals surface area contributed by atoms with Gasteiger partial charge in [0.05, 0.1) is 0 Å². The van der Waals surface area contributed by atoms with Crippen LogP contribution in [0, 0.1) is 0 Å². The molecule has 0 aliphatic carbocycles. The second-order valence-corrected chi connectivity index (χ2v) is 6.65. The van der Waals surface area contributed by atoms with E-state index in [0.29, 0.717) is 0 Å². The number of rotatable bonds is 0. The van der Waals surface area contributed by atoms with Gasteiger partial charge < -0.3 is 0 Å². The minimum Gasteiger partial charge on any atom is -0.217 e. The van der Waals surface area contributed by atoms with E-state index in [1.54, 1.807) is 0 Å². The molecule has 0 atom stereocenters. The molecule has 0 saturated heterocycles. The average Bonchev–Trinajstić information content (AvgIpc) is 1.58. The molecule has 0 bridgehead atoms. The van der Waals surface area contributed by atoms with Crippen LogP contribution in [-0.2, 0) is 0 Å². The second kappa shape index (κ2) is 3.61. The van der Waals surface area contributed by atoms with Gasteiger partial charge in [-0.2, -0.15) is 0 Å². The SMILES string of the molecule is FC(Cl)(C(Cl)(Cl)Cl)C(Cl)(Cl)Cl. The molecule has 0 nitrogen and oxygen atoms in total. The zero-order valence-electron chi connectivity index (χ0n) is 4.52. The van der Waals surface area contributed by atoms with Gasteiger partial charge in [-0.3, -0.25) is 0 Å². The number of halogens is 8. The summed E-state index contributed by atoms with van der Waals surface area (Å²) in [6, 6.07) is 0. The largest absolute Gasteiger partial charge is 0.276 e. The predicted molar refractivity (Wildman–Crippen MR) is 50.3 cm³/mol. The Morgan fingerprint density at radius 1 is 0.636 bits per heavy atom. The fourth-order valence-corrected chi connectivity index (χ4v) is 1.45. The summed E-state index contributed by atoms with van der Waals surface area (Å²) in [7, 11) is 0. The molecule has 0 aromatic carbocycles. The van der Waals surface area contributed by atoms with Crippen LogP contribution in [-0.4, -0.2) is 12.7 Å². The fourth-order valence-electron chi connectivity index (χ4n) is 0.161. The maximum atomic E-state index is 13.1. The second-order valence-electron chi connectivity index (χ2n) is 1.57. The van der Waals surface area contributed by atoms with Crippen molar-refractivity contribution in [2.75, 3.05) is 0 Å². The van der Waals surface area contributed by atoms with Gasteiger partial charge in [-0.25, -0.2) is 4.39 Å². The summed E-state index contributed by atoms with van der Waals surface area (Å²) in [5.74, 6) is 0. The summed E-state index contributed by atoms with van der Waals surface area (Å²) in [5.41, 5.74) is 0. The highest BCUT2D eigenvalue weighted by Crippen LogP contribution is 2.56. The normalized spacial score (nSPS) is 15.3. The molecule has 0 amide bonds. The Morgan fingerprint density at radius 2 is 0.818 bits per heavy atom. The first kappa shape index (κ1) is 13.0. The first-order chi connectivity index (χ1) is 4.50. The Labute approximate surface area is 97.8 Å². The summed E-state index contributed by atoms with van der Waals surface area (Å²) < 4.78 is 8.08. The van der Waals surface area contributed by atoms with Crippen LogP contribution in [0.5, 0.6) is 0 Å². The Bertz CT molecular complexity index is 125. The van der Waals surface area contributed by atoms with Gasteiger partial charge in [0.15, 0.2) is 0 Å². The summed E-state index contributed by atoms with van der Waals surface area (Å²) in [6.07, 6.45) is 0. The van der Waals surface area contributed by atoms with Crippen LogP contribution in [0.2, 0.25) is 0 Å². The Balaban J connectivity index is 4.75. The third-order valence-corrected chi connectivity index (χ3v) is 3.42. The molecule has 0 unspecified atom stereocenters. The van der Waals surface area contributed by atoms with E-state index in [0.717, 1.165) is 0 Å². The van der Waals surface area contributed by atoms with Gasteiger partial charge in [-0.05, 0) is 0 Å². The molecule has 0 heterocycles. The molecule has 68 valence electrons. The van der Waals surface area contributed by atoms with Gasteiger partial charge in [0.2, 0.25) is 7.59 Å². The maximum absolute atomic E-state index is 13.1. The van der Waals surface area contributed by atoms with Crippen molar-refractivity contribution in [1.29, 1.82) is 0 Å². The smallest absolute Gasteiger partial charge is 0.217 e. The highest BCUT2D eigenvalue weighted by atomic mass is 35.6. The third-order valence-electron chi connectivity index (χ3n) is 0.712. The zero-order valence-corrected chi connectivity index (χ0v) is 9.82. The van der Waals surface area contributed by atoms with E-state index in [1.807, 2.05) is 0 Å². The molecule has 0 aliphatic heterocycles. The number of hydrogen-bond donors (Lipinski definition) is 0. The minimum atomic E-state index is -3.06. The molecular formula is C3Cl7F. The van der Waals surface area contributed by atoms with Crippen molar-refractivity contribution in [3.8, 4) is 0 Å². The maximum Gasteiger partial charge on any atom is 0.276 e. The lowest BCUT2D eigenvalue weighted by Crippen LogP contribution is -2.44. The van der Waals surface area contributed by atoms with Crippen LogP contribution in [0.1, 0.15) is 0 Å². The van der Waals surface area contributed by atoms with Crippen LogP contribution in [0.4, 0.5) is 4.39 Å². The Hall–Kier alpha value is 1.96. The monoisotopic (exact) mass is 300 g/mol. The quantitative estimate of drug-likeness (QED) is 0.572. The van der Waals surface area contributed by atoms with Gasteiger partial charge in [0.25, 0.3) is 5.13 Å². The Kier molecular flexibility index (Phi) is 4.25. The highest BCUT2D eigenvalue weighted by molar-refractivity contribution is 6.77. The van der Waals surface area contributed by atoms with E-state index in [4.69, 9.17) is 81.2 Å². The third kappa shape index (κ3) is 2.98. The van der Waals surface area contributed by atoms with Crippen molar-refractivity contribution in [3.05, 3.63) is 0 Å². The van der Waals surface area contributed by atoms with Crippen LogP contribution in [0.15, 0.2) is 0 Å². The predicted octanol–water partition coefficient (Wildman–Crippen LogP) is 4.63. The van der Waals surface area contributed by atoms with Gasteiger partial charge in [0, 0.05) is 0 Å². The molecule has 0 aromatic rings. The minimum absolute atomic E-state index is 2.50. The standard InChI is InChI=1S/C3Cl7F/c4-1(11,2(5,6)7)3(8,9)10. The van der Waals surface area contributed by atoms with E-state index >= 15 is 0 Å². The lowest BCUT2D eigenvalue weighted by molar-refractivity contribution is 0.287. The van der Waals surface area contributed by atoms with Gasteiger partial charge >= 0.3 is 0 Å². The first-order valence-corrected chi connectivity index (χ1v) is 4.66. The van der Waals surface area contributed by atoms with Crippen LogP contribution >= 0.6 is 81.2 Å². The highest BCUT2D eigenvalue weighted by Gasteiger charge is 2.61. The lowest BCUT2D eigenvalue weighted by atomic mass is 10.5. The van der Waals surface area contributed by atoms with Crippen LogP contribution < -0.4 is 0 Å². The molecule has 0 rings (SSSR count). The summed E-state index contributed by atoms with van der Waals surface area (Å²) in [4.78, 5) is 0. The van der Waals surface area contributed by atoms with E-state index in [9.17, 15) is 4.39 Å².